The smallest absolute Gasteiger partial charge is 0.144 e. The number of ether oxygens (including phenoxy) is 2. The van der Waals surface area contributed by atoms with Crippen molar-refractivity contribution in [3.05, 3.63) is 47.9 Å². The Morgan fingerprint density at radius 2 is 2.05 bits per heavy atom. The van der Waals surface area contributed by atoms with Gasteiger partial charge in [-0.05, 0) is 17.7 Å². The van der Waals surface area contributed by atoms with Gasteiger partial charge in [0.15, 0.2) is 0 Å². The number of hydrogen-bond acceptors (Lipinski definition) is 5. The monoisotopic (exact) mass is 259 g/mol. The third-order valence-corrected chi connectivity index (χ3v) is 2.56. The van der Waals surface area contributed by atoms with E-state index >= 15 is 0 Å². The van der Waals surface area contributed by atoms with Crippen molar-refractivity contribution in [1.29, 1.82) is 0 Å². The van der Waals surface area contributed by atoms with E-state index in [1.807, 2.05) is 31.3 Å². The molecule has 0 spiro atoms. The summed E-state index contributed by atoms with van der Waals surface area (Å²) in [6.45, 7) is 0.974. The van der Waals surface area contributed by atoms with Crippen molar-refractivity contribution in [1.82, 2.24) is 9.97 Å². The first-order valence-corrected chi connectivity index (χ1v) is 6.01. The number of hydrogen-bond donors (Lipinski definition) is 1. The maximum absolute atomic E-state index is 5.67. The number of methoxy groups -OCH3 is 1. The third-order valence-electron chi connectivity index (χ3n) is 2.56. The minimum atomic E-state index is 0.396. The van der Waals surface area contributed by atoms with Crippen LogP contribution in [0.5, 0.6) is 5.75 Å². The van der Waals surface area contributed by atoms with Gasteiger partial charge in [-0.15, -0.1) is 0 Å². The molecule has 5 heteroatoms. The highest BCUT2D eigenvalue weighted by Crippen LogP contribution is 2.15. The van der Waals surface area contributed by atoms with Crippen molar-refractivity contribution in [2.45, 2.75) is 13.2 Å². The highest BCUT2D eigenvalue weighted by atomic mass is 16.5. The van der Waals surface area contributed by atoms with Crippen LogP contribution in [-0.4, -0.2) is 24.1 Å². The highest BCUT2D eigenvalue weighted by molar-refractivity contribution is 5.30. The molecule has 0 aliphatic carbocycles. The molecule has 2 aromatic rings. The second-order valence-electron chi connectivity index (χ2n) is 4.01. The molecule has 0 unspecified atom stereocenters. The van der Waals surface area contributed by atoms with Gasteiger partial charge >= 0.3 is 0 Å². The Hall–Kier alpha value is -2.14. The first-order chi connectivity index (χ1) is 9.31. The average molecular weight is 259 g/mol. The van der Waals surface area contributed by atoms with Crippen LogP contribution in [0, 0.1) is 0 Å². The van der Waals surface area contributed by atoms with Crippen LogP contribution in [0.2, 0.25) is 0 Å². The van der Waals surface area contributed by atoms with E-state index in [0.717, 1.165) is 22.8 Å². The SMILES string of the molecule is CNc1cnc(COc2cccc(COC)c2)cn1. The molecular weight excluding hydrogens is 242 g/mol. The topological polar surface area (TPSA) is 56.3 Å². The van der Waals surface area contributed by atoms with Crippen molar-refractivity contribution in [3.8, 4) is 5.75 Å². The van der Waals surface area contributed by atoms with Crippen LogP contribution in [0.25, 0.3) is 0 Å². The number of aromatic nitrogens is 2. The van der Waals surface area contributed by atoms with Gasteiger partial charge in [0.2, 0.25) is 0 Å². The molecule has 1 N–H and O–H groups in total. The minimum Gasteiger partial charge on any atom is -0.487 e. The molecular formula is C14H17N3O2. The van der Waals surface area contributed by atoms with Crippen LogP contribution in [-0.2, 0) is 18.0 Å². The zero-order valence-electron chi connectivity index (χ0n) is 11.1. The minimum absolute atomic E-state index is 0.396. The number of benzene rings is 1. The van der Waals surface area contributed by atoms with E-state index < -0.39 is 0 Å². The van der Waals surface area contributed by atoms with Crippen molar-refractivity contribution in [3.63, 3.8) is 0 Å². The van der Waals surface area contributed by atoms with Crippen molar-refractivity contribution >= 4 is 5.82 Å². The lowest BCUT2D eigenvalue weighted by Crippen LogP contribution is -2.01. The molecule has 0 fully saturated rings. The molecule has 0 atom stereocenters. The Morgan fingerprint density at radius 1 is 1.16 bits per heavy atom. The van der Waals surface area contributed by atoms with Crippen LogP contribution in [0.4, 0.5) is 5.82 Å². The molecule has 0 amide bonds. The summed E-state index contributed by atoms with van der Waals surface area (Å²) in [5.41, 5.74) is 1.87. The lowest BCUT2D eigenvalue weighted by atomic mass is 10.2. The molecule has 0 aliphatic heterocycles. The maximum atomic E-state index is 5.67. The molecule has 0 aliphatic rings. The largest absolute Gasteiger partial charge is 0.487 e. The van der Waals surface area contributed by atoms with Gasteiger partial charge in [0.25, 0.3) is 0 Å². The fourth-order valence-electron chi connectivity index (χ4n) is 1.61. The summed E-state index contributed by atoms with van der Waals surface area (Å²) in [6.07, 6.45) is 3.38. The van der Waals surface area contributed by atoms with Gasteiger partial charge in [-0.1, -0.05) is 12.1 Å². The van der Waals surface area contributed by atoms with E-state index in [1.54, 1.807) is 19.5 Å². The van der Waals surface area contributed by atoms with Gasteiger partial charge in [0.1, 0.15) is 18.2 Å². The predicted octanol–water partition coefficient (Wildman–Crippen LogP) is 2.24. The Labute approximate surface area is 112 Å². The second kappa shape index (κ2) is 6.70. The van der Waals surface area contributed by atoms with Crippen molar-refractivity contribution in [2.24, 2.45) is 0 Å². The van der Waals surface area contributed by atoms with Gasteiger partial charge in [-0.3, -0.25) is 4.98 Å². The Kier molecular flexibility index (Phi) is 4.69. The van der Waals surface area contributed by atoms with Crippen molar-refractivity contribution in [2.75, 3.05) is 19.5 Å². The zero-order valence-corrected chi connectivity index (χ0v) is 11.1. The predicted molar refractivity (Wildman–Crippen MR) is 73.1 cm³/mol. The average Bonchev–Trinajstić information content (AvgIpc) is 2.46. The molecule has 0 saturated heterocycles. The molecule has 19 heavy (non-hydrogen) atoms. The van der Waals surface area contributed by atoms with Gasteiger partial charge in [0, 0.05) is 14.2 Å². The first kappa shape index (κ1) is 13.3. The number of nitrogens with zero attached hydrogens (tertiary/aromatic N) is 2. The Balaban J connectivity index is 1.95. The van der Waals surface area contributed by atoms with E-state index in [1.165, 1.54) is 0 Å². The zero-order chi connectivity index (χ0) is 13.5. The third kappa shape index (κ3) is 3.93. The number of anilines is 1. The van der Waals surface area contributed by atoms with Crippen LogP contribution < -0.4 is 10.1 Å². The van der Waals surface area contributed by atoms with E-state index in [-0.39, 0.29) is 0 Å². The lowest BCUT2D eigenvalue weighted by molar-refractivity contribution is 0.184. The van der Waals surface area contributed by atoms with Crippen LogP contribution in [0.1, 0.15) is 11.3 Å². The van der Waals surface area contributed by atoms with Gasteiger partial charge in [-0.25, -0.2) is 4.98 Å². The first-order valence-electron chi connectivity index (χ1n) is 6.01. The van der Waals surface area contributed by atoms with E-state index in [0.29, 0.717) is 13.2 Å². The molecule has 0 radical (unpaired) electrons. The molecule has 1 aromatic carbocycles. The van der Waals surface area contributed by atoms with Crippen LogP contribution >= 0.6 is 0 Å². The molecule has 100 valence electrons. The summed E-state index contributed by atoms with van der Waals surface area (Å²) in [7, 11) is 3.48. The van der Waals surface area contributed by atoms with Crippen molar-refractivity contribution < 1.29 is 9.47 Å². The van der Waals surface area contributed by atoms with Crippen LogP contribution in [0.3, 0.4) is 0 Å². The van der Waals surface area contributed by atoms with E-state index in [4.69, 9.17) is 9.47 Å². The summed E-state index contributed by atoms with van der Waals surface area (Å²) < 4.78 is 10.8. The maximum Gasteiger partial charge on any atom is 0.144 e. The van der Waals surface area contributed by atoms with Gasteiger partial charge in [0.05, 0.1) is 24.7 Å². The summed E-state index contributed by atoms with van der Waals surface area (Å²) in [4.78, 5) is 8.43. The fraction of sp³-hybridized carbons (Fsp3) is 0.286. The Morgan fingerprint density at radius 3 is 2.74 bits per heavy atom. The summed E-state index contributed by atoms with van der Waals surface area (Å²) in [5.74, 6) is 1.54. The molecule has 5 nitrogen and oxygen atoms in total. The summed E-state index contributed by atoms with van der Waals surface area (Å²) >= 11 is 0. The second-order valence-corrected chi connectivity index (χ2v) is 4.01. The molecule has 2 rings (SSSR count). The lowest BCUT2D eigenvalue weighted by Gasteiger charge is -2.07. The number of rotatable bonds is 6. The fourth-order valence-corrected chi connectivity index (χ4v) is 1.61. The molecule has 1 aromatic heterocycles. The highest BCUT2D eigenvalue weighted by Gasteiger charge is 2.00. The van der Waals surface area contributed by atoms with Crippen LogP contribution in [0.15, 0.2) is 36.7 Å². The molecule has 1 heterocycles. The normalized spacial score (nSPS) is 10.2. The Bertz CT molecular complexity index is 514. The van der Waals surface area contributed by atoms with Gasteiger partial charge in [-0.2, -0.15) is 0 Å². The molecule has 0 bridgehead atoms. The summed E-state index contributed by atoms with van der Waals surface area (Å²) in [6, 6.07) is 7.81. The summed E-state index contributed by atoms with van der Waals surface area (Å²) in [5, 5.41) is 2.92. The molecule has 0 saturated carbocycles. The standard InChI is InChI=1S/C14H17N3O2/c1-15-14-8-16-12(7-17-14)10-19-13-5-3-4-11(6-13)9-18-2/h3-8H,9-10H2,1-2H3,(H,15,17). The van der Waals surface area contributed by atoms with Gasteiger partial charge < -0.3 is 14.8 Å². The number of nitrogens with one attached hydrogen (secondary N) is 1. The van der Waals surface area contributed by atoms with E-state index in [2.05, 4.69) is 15.3 Å². The quantitative estimate of drug-likeness (QED) is 0.862. The van der Waals surface area contributed by atoms with E-state index in [9.17, 15) is 0 Å².